The molecule has 4 rings (SSSR count). The number of benzene rings is 3. The molecule has 2 N–H and O–H groups in total. The number of carbonyl (C=O) groups is 1. The Morgan fingerprint density at radius 3 is 2.38 bits per heavy atom. The Hall–Kier alpha value is -3.27. The van der Waals surface area contributed by atoms with Crippen LogP contribution in [-0.2, 0) is 24.8 Å². The first-order valence-electron chi connectivity index (χ1n) is 12.2. The molecule has 2 amide bonds. The summed E-state index contributed by atoms with van der Waals surface area (Å²) >= 11 is 0. The number of ether oxygens (including phenoxy) is 1. The molecule has 3 aromatic carbocycles. The Balaban J connectivity index is 1.45. The predicted molar refractivity (Wildman–Crippen MR) is 139 cm³/mol. The van der Waals surface area contributed by atoms with Gasteiger partial charge in [-0.05, 0) is 64.6 Å². The van der Waals surface area contributed by atoms with E-state index in [0.29, 0.717) is 6.54 Å². The SMILES string of the molecule is COc1ccc2c(c1)CCC(NC(=O)NCc1ccc(C(C)(C)C)cc1)C2Cc1ccccc1. The maximum Gasteiger partial charge on any atom is 0.315 e. The molecule has 0 aliphatic heterocycles. The summed E-state index contributed by atoms with van der Waals surface area (Å²) in [4.78, 5) is 12.9. The van der Waals surface area contributed by atoms with E-state index in [1.807, 2.05) is 12.1 Å². The van der Waals surface area contributed by atoms with E-state index in [1.54, 1.807) is 7.11 Å². The molecule has 4 nitrogen and oxygen atoms in total. The number of hydrogen-bond acceptors (Lipinski definition) is 2. The third-order valence-corrected chi connectivity index (χ3v) is 6.85. The van der Waals surface area contributed by atoms with Gasteiger partial charge in [-0.15, -0.1) is 0 Å². The topological polar surface area (TPSA) is 50.4 Å². The summed E-state index contributed by atoms with van der Waals surface area (Å²) in [5, 5.41) is 6.34. The van der Waals surface area contributed by atoms with Crippen LogP contribution in [0.25, 0.3) is 0 Å². The fourth-order valence-electron chi connectivity index (χ4n) is 4.83. The smallest absolute Gasteiger partial charge is 0.315 e. The van der Waals surface area contributed by atoms with E-state index in [4.69, 9.17) is 4.74 Å². The Labute approximate surface area is 203 Å². The summed E-state index contributed by atoms with van der Waals surface area (Å²) in [6, 6.07) is 25.3. The molecule has 2 atom stereocenters. The fraction of sp³-hybridized carbons (Fsp3) is 0.367. The summed E-state index contributed by atoms with van der Waals surface area (Å²) < 4.78 is 5.45. The van der Waals surface area contributed by atoms with Crippen LogP contribution in [0.2, 0.25) is 0 Å². The quantitative estimate of drug-likeness (QED) is 0.469. The minimum absolute atomic E-state index is 0.0735. The second-order valence-electron chi connectivity index (χ2n) is 10.3. The first kappa shape index (κ1) is 23.9. The van der Waals surface area contributed by atoms with E-state index in [2.05, 4.69) is 92.1 Å². The maximum absolute atomic E-state index is 12.9. The van der Waals surface area contributed by atoms with Crippen molar-refractivity contribution in [1.29, 1.82) is 0 Å². The van der Waals surface area contributed by atoms with Crippen LogP contribution in [0.4, 0.5) is 4.79 Å². The summed E-state index contributed by atoms with van der Waals surface area (Å²) in [5.41, 5.74) is 6.42. The van der Waals surface area contributed by atoms with Crippen molar-refractivity contribution < 1.29 is 9.53 Å². The van der Waals surface area contributed by atoms with Crippen molar-refractivity contribution in [2.24, 2.45) is 0 Å². The summed E-state index contributed by atoms with van der Waals surface area (Å²) in [6.45, 7) is 7.13. The number of methoxy groups -OCH3 is 1. The van der Waals surface area contributed by atoms with Crippen molar-refractivity contribution >= 4 is 6.03 Å². The van der Waals surface area contributed by atoms with Crippen LogP contribution in [0, 0.1) is 0 Å². The molecule has 4 heteroatoms. The van der Waals surface area contributed by atoms with Gasteiger partial charge in [0.25, 0.3) is 0 Å². The minimum atomic E-state index is -0.111. The van der Waals surface area contributed by atoms with Gasteiger partial charge in [0, 0.05) is 18.5 Å². The average molecular weight is 457 g/mol. The Morgan fingerprint density at radius 2 is 1.71 bits per heavy atom. The second kappa shape index (κ2) is 10.3. The number of rotatable bonds is 6. The lowest BCUT2D eigenvalue weighted by Gasteiger charge is -2.34. The predicted octanol–water partition coefficient (Wildman–Crippen LogP) is 6.13. The van der Waals surface area contributed by atoms with Gasteiger partial charge in [-0.3, -0.25) is 0 Å². The van der Waals surface area contributed by atoms with E-state index < -0.39 is 0 Å². The molecular formula is C30H36N2O2. The van der Waals surface area contributed by atoms with Gasteiger partial charge in [-0.25, -0.2) is 4.79 Å². The van der Waals surface area contributed by atoms with E-state index in [9.17, 15) is 4.79 Å². The third kappa shape index (κ3) is 5.80. The zero-order valence-electron chi connectivity index (χ0n) is 20.7. The number of urea groups is 1. The Morgan fingerprint density at radius 1 is 0.971 bits per heavy atom. The molecule has 0 heterocycles. The van der Waals surface area contributed by atoms with Crippen molar-refractivity contribution in [3.05, 3.63) is 101 Å². The highest BCUT2D eigenvalue weighted by molar-refractivity contribution is 5.74. The van der Waals surface area contributed by atoms with Crippen LogP contribution in [0.5, 0.6) is 5.75 Å². The molecular weight excluding hydrogens is 420 g/mol. The van der Waals surface area contributed by atoms with Gasteiger partial charge in [0.1, 0.15) is 5.75 Å². The standard InChI is InChI=1S/C30H36N2O2/c1-30(2,3)24-13-10-22(11-14-24)20-31-29(33)32-28-17-12-23-19-25(34-4)15-16-26(23)27(28)18-21-8-6-5-7-9-21/h5-11,13-16,19,27-28H,12,17-18,20H2,1-4H3,(H2,31,32,33). The van der Waals surface area contributed by atoms with E-state index in [0.717, 1.165) is 30.6 Å². The van der Waals surface area contributed by atoms with Gasteiger partial charge in [0.2, 0.25) is 0 Å². The first-order chi connectivity index (χ1) is 16.3. The Kier molecular flexibility index (Phi) is 7.26. The van der Waals surface area contributed by atoms with Crippen LogP contribution >= 0.6 is 0 Å². The second-order valence-corrected chi connectivity index (χ2v) is 10.3. The molecule has 0 bridgehead atoms. The largest absolute Gasteiger partial charge is 0.497 e. The fourth-order valence-corrected chi connectivity index (χ4v) is 4.83. The van der Waals surface area contributed by atoms with Crippen molar-refractivity contribution in [3.8, 4) is 5.75 Å². The molecule has 3 aromatic rings. The van der Waals surface area contributed by atoms with Crippen LogP contribution < -0.4 is 15.4 Å². The number of hydrogen-bond donors (Lipinski definition) is 2. The zero-order chi connectivity index (χ0) is 24.1. The molecule has 0 aromatic heterocycles. The van der Waals surface area contributed by atoms with E-state index in [-0.39, 0.29) is 23.4 Å². The number of nitrogens with one attached hydrogen (secondary N) is 2. The van der Waals surface area contributed by atoms with E-state index >= 15 is 0 Å². The van der Waals surface area contributed by atoms with Gasteiger partial charge in [0.15, 0.2) is 0 Å². The van der Waals surface area contributed by atoms with Gasteiger partial charge >= 0.3 is 6.03 Å². The number of fused-ring (bicyclic) bond motifs is 1. The van der Waals surface area contributed by atoms with Crippen LogP contribution in [-0.4, -0.2) is 19.2 Å². The molecule has 0 saturated heterocycles. The molecule has 1 aliphatic carbocycles. The van der Waals surface area contributed by atoms with Gasteiger partial charge in [-0.1, -0.05) is 81.4 Å². The molecule has 1 aliphatic rings. The van der Waals surface area contributed by atoms with Gasteiger partial charge < -0.3 is 15.4 Å². The summed E-state index contributed by atoms with van der Waals surface area (Å²) in [5.74, 6) is 1.10. The van der Waals surface area contributed by atoms with Crippen molar-refractivity contribution in [3.63, 3.8) is 0 Å². The van der Waals surface area contributed by atoms with E-state index in [1.165, 1.54) is 22.3 Å². The highest BCUT2D eigenvalue weighted by Gasteiger charge is 2.31. The maximum atomic E-state index is 12.9. The zero-order valence-corrected chi connectivity index (χ0v) is 20.7. The lowest BCUT2D eigenvalue weighted by Crippen LogP contribution is -2.46. The lowest BCUT2D eigenvalue weighted by atomic mass is 9.76. The number of amides is 2. The Bertz CT molecular complexity index is 1100. The molecule has 0 fully saturated rings. The first-order valence-corrected chi connectivity index (χ1v) is 12.2. The monoisotopic (exact) mass is 456 g/mol. The van der Waals surface area contributed by atoms with Crippen LogP contribution in [0.3, 0.4) is 0 Å². The van der Waals surface area contributed by atoms with Crippen molar-refractivity contribution in [1.82, 2.24) is 10.6 Å². The number of aryl methyl sites for hydroxylation is 1. The summed E-state index contributed by atoms with van der Waals surface area (Å²) in [7, 11) is 1.71. The molecule has 2 unspecified atom stereocenters. The van der Waals surface area contributed by atoms with Crippen LogP contribution in [0.1, 0.15) is 60.9 Å². The lowest BCUT2D eigenvalue weighted by molar-refractivity contribution is 0.232. The molecule has 34 heavy (non-hydrogen) atoms. The third-order valence-electron chi connectivity index (χ3n) is 6.85. The van der Waals surface area contributed by atoms with Gasteiger partial charge in [0.05, 0.1) is 7.11 Å². The van der Waals surface area contributed by atoms with Crippen LogP contribution in [0.15, 0.2) is 72.8 Å². The molecule has 0 saturated carbocycles. The van der Waals surface area contributed by atoms with Crippen molar-refractivity contribution in [2.45, 2.75) is 64.0 Å². The number of carbonyl (C=O) groups excluding carboxylic acids is 1. The van der Waals surface area contributed by atoms with Gasteiger partial charge in [-0.2, -0.15) is 0 Å². The summed E-state index contributed by atoms with van der Waals surface area (Å²) in [6.07, 6.45) is 2.72. The van der Waals surface area contributed by atoms with Crippen molar-refractivity contribution in [2.75, 3.05) is 7.11 Å². The highest BCUT2D eigenvalue weighted by atomic mass is 16.5. The minimum Gasteiger partial charge on any atom is -0.497 e. The average Bonchev–Trinajstić information content (AvgIpc) is 2.84. The molecule has 178 valence electrons. The highest BCUT2D eigenvalue weighted by Crippen LogP contribution is 2.36. The molecule has 0 spiro atoms. The molecule has 0 radical (unpaired) electrons. The normalized spacial score (nSPS) is 17.5.